The fourth-order valence-corrected chi connectivity index (χ4v) is 4.17. The number of aromatic amines is 1. The molecule has 0 radical (unpaired) electrons. The molecule has 0 saturated carbocycles. The quantitative estimate of drug-likeness (QED) is 0.678. The largest absolute Gasteiger partial charge is 0.351 e. The van der Waals surface area contributed by atoms with Crippen LogP contribution in [0.2, 0.25) is 0 Å². The van der Waals surface area contributed by atoms with Crippen molar-refractivity contribution in [3.8, 4) is 0 Å². The Balaban J connectivity index is 2.14. The van der Waals surface area contributed by atoms with Gasteiger partial charge in [0.1, 0.15) is 10.9 Å². The van der Waals surface area contributed by atoms with Crippen LogP contribution in [0.3, 0.4) is 0 Å². The second-order valence-electron chi connectivity index (χ2n) is 6.19. The monoisotopic (exact) mass is 365 g/mol. The number of hydrogen-bond donors (Lipinski definition) is 3. The van der Waals surface area contributed by atoms with Gasteiger partial charge in [-0.25, -0.2) is 8.42 Å². The molecular formula is C16H23N5O3S. The molecule has 2 heterocycles. The van der Waals surface area contributed by atoms with E-state index >= 15 is 0 Å². The predicted octanol–water partition coefficient (Wildman–Crippen LogP) is 1.04. The van der Waals surface area contributed by atoms with E-state index in [-0.39, 0.29) is 23.3 Å². The van der Waals surface area contributed by atoms with E-state index in [0.29, 0.717) is 11.4 Å². The normalized spacial score (nSPS) is 13.0. The van der Waals surface area contributed by atoms with E-state index in [2.05, 4.69) is 25.2 Å². The second kappa shape index (κ2) is 7.75. The highest BCUT2D eigenvalue weighted by Crippen LogP contribution is 2.18. The highest BCUT2D eigenvalue weighted by Gasteiger charge is 2.31. The van der Waals surface area contributed by atoms with Crippen LogP contribution in [0.25, 0.3) is 0 Å². The molecule has 0 spiro atoms. The molecule has 0 aliphatic carbocycles. The summed E-state index contributed by atoms with van der Waals surface area (Å²) < 4.78 is 27.8. The van der Waals surface area contributed by atoms with Crippen LogP contribution in [0.4, 0.5) is 0 Å². The zero-order valence-electron chi connectivity index (χ0n) is 14.7. The smallest absolute Gasteiger partial charge is 0.244 e. The molecule has 1 amide bonds. The van der Waals surface area contributed by atoms with Crippen LogP contribution < -0.4 is 10.0 Å². The summed E-state index contributed by atoms with van der Waals surface area (Å²) in [6, 6.07) is 2.71. The summed E-state index contributed by atoms with van der Waals surface area (Å²) in [6.45, 7) is 7.07. The van der Waals surface area contributed by atoms with E-state index in [1.54, 1.807) is 46.2 Å². The Kier molecular flexibility index (Phi) is 5.91. The third kappa shape index (κ3) is 4.64. The summed E-state index contributed by atoms with van der Waals surface area (Å²) in [6.07, 6.45) is 3.29. The van der Waals surface area contributed by atoms with Crippen molar-refractivity contribution in [3.63, 3.8) is 0 Å². The fourth-order valence-electron chi connectivity index (χ4n) is 2.46. The van der Waals surface area contributed by atoms with Gasteiger partial charge >= 0.3 is 0 Å². The summed E-state index contributed by atoms with van der Waals surface area (Å²) in [4.78, 5) is 16.6. The van der Waals surface area contributed by atoms with Crippen LogP contribution in [-0.4, -0.2) is 35.5 Å². The van der Waals surface area contributed by atoms with E-state index in [1.807, 2.05) is 6.07 Å². The first-order chi connectivity index (χ1) is 11.7. The van der Waals surface area contributed by atoms with Crippen molar-refractivity contribution in [2.24, 2.45) is 5.92 Å². The minimum atomic E-state index is -3.87. The number of nitrogens with zero attached hydrogens (tertiary/aromatic N) is 2. The Morgan fingerprint density at radius 2 is 2.04 bits per heavy atom. The predicted molar refractivity (Wildman–Crippen MR) is 93.1 cm³/mol. The molecule has 9 heteroatoms. The molecule has 0 fully saturated rings. The van der Waals surface area contributed by atoms with Gasteiger partial charge in [-0.1, -0.05) is 19.9 Å². The van der Waals surface area contributed by atoms with E-state index in [4.69, 9.17) is 0 Å². The van der Waals surface area contributed by atoms with Gasteiger partial charge in [0.15, 0.2) is 0 Å². The molecule has 8 nitrogen and oxygen atoms in total. The van der Waals surface area contributed by atoms with E-state index < -0.39 is 16.1 Å². The maximum absolute atomic E-state index is 12.7. The van der Waals surface area contributed by atoms with Crippen molar-refractivity contribution in [2.45, 2.75) is 45.2 Å². The lowest BCUT2D eigenvalue weighted by Crippen LogP contribution is -2.49. The van der Waals surface area contributed by atoms with Crippen molar-refractivity contribution in [1.29, 1.82) is 0 Å². The van der Waals surface area contributed by atoms with Crippen molar-refractivity contribution < 1.29 is 13.2 Å². The topological polar surface area (TPSA) is 117 Å². The summed E-state index contributed by atoms with van der Waals surface area (Å²) in [5.41, 5.74) is 1.63. The second-order valence-corrected chi connectivity index (χ2v) is 7.84. The molecule has 25 heavy (non-hydrogen) atoms. The average molecular weight is 365 g/mol. The third-order valence-electron chi connectivity index (χ3n) is 3.75. The molecule has 3 N–H and O–H groups in total. The van der Waals surface area contributed by atoms with E-state index in [1.165, 1.54) is 0 Å². The third-order valence-corrected chi connectivity index (χ3v) is 5.45. The van der Waals surface area contributed by atoms with Crippen molar-refractivity contribution in [3.05, 3.63) is 41.5 Å². The van der Waals surface area contributed by atoms with Crippen LogP contribution in [-0.2, 0) is 21.4 Å². The molecule has 0 bridgehead atoms. The van der Waals surface area contributed by atoms with Gasteiger partial charge in [0, 0.05) is 18.9 Å². The number of carbonyl (C=O) groups excluding carboxylic acids is 1. The minimum absolute atomic E-state index is 0.0817. The Morgan fingerprint density at radius 3 is 2.56 bits per heavy atom. The Hall–Kier alpha value is -2.26. The molecular weight excluding hydrogens is 342 g/mol. The highest BCUT2D eigenvalue weighted by molar-refractivity contribution is 7.89. The Bertz CT molecular complexity index is 811. The van der Waals surface area contributed by atoms with Gasteiger partial charge in [0.2, 0.25) is 15.9 Å². The van der Waals surface area contributed by atoms with Crippen LogP contribution in [0.5, 0.6) is 0 Å². The van der Waals surface area contributed by atoms with Gasteiger partial charge in [-0.2, -0.15) is 9.82 Å². The molecule has 2 rings (SSSR count). The first-order valence-corrected chi connectivity index (χ1v) is 9.41. The Morgan fingerprint density at radius 1 is 1.32 bits per heavy atom. The van der Waals surface area contributed by atoms with Gasteiger partial charge in [0.05, 0.1) is 11.4 Å². The number of aromatic nitrogens is 3. The zero-order valence-corrected chi connectivity index (χ0v) is 15.5. The SMILES string of the molecule is Cc1n[nH]c(C)c1S(=O)(=O)N[C@H](C(=O)NCc1cccnc1)C(C)C. The fraction of sp³-hybridized carbons (Fsp3) is 0.438. The lowest BCUT2D eigenvalue weighted by atomic mass is 10.0. The number of H-pyrrole nitrogens is 1. The highest BCUT2D eigenvalue weighted by atomic mass is 32.2. The summed E-state index contributed by atoms with van der Waals surface area (Å²) in [5.74, 6) is -0.614. The first-order valence-electron chi connectivity index (χ1n) is 7.93. The van der Waals surface area contributed by atoms with Crippen LogP contribution >= 0.6 is 0 Å². The molecule has 2 aromatic heterocycles. The number of rotatable bonds is 7. The van der Waals surface area contributed by atoms with Crippen molar-refractivity contribution in [1.82, 2.24) is 25.2 Å². The lowest BCUT2D eigenvalue weighted by molar-refractivity contribution is -0.123. The van der Waals surface area contributed by atoms with Gasteiger partial charge < -0.3 is 5.32 Å². The summed E-state index contributed by atoms with van der Waals surface area (Å²) in [5, 5.41) is 9.30. The van der Waals surface area contributed by atoms with Crippen molar-refractivity contribution in [2.75, 3.05) is 0 Å². The maximum atomic E-state index is 12.7. The molecule has 1 atom stereocenters. The maximum Gasteiger partial charge on any atom is 0.244 e. The number of amides is 1. The molecule has 0 aromatic carbocycles. The van der Waals surface area contributed by atoms with E-state index in [0.717, 1.165) is 5.56 Å². The number of sulfonamides is 1. The average Bonchev–Trinajstić information content (AvgIpc) is 2.90. The van der Waals surface area contributed by atoms with Gasteiger partial charge in [-0.15, -0.1) is 0 Å². The van der Waals surface area contributed by atoms with Gasteiger partial charge in [0.25, 0.3) is 0 Å². The standard InChI is InChI=1S/C16H23N5O3S/c1-10(2)14(16(22)18-9-13-6-5-7-17-8-13)21-25(23,24)15-11(3)19-20-12(15)4/h5-8,10,14,21H,9H2,1-4H3,(H,18,22)(H,19,20)/t14-/m0/s1. The molecule has 0 unspecified atom stereocenters. The minimum Gasteiger partial charge on any atom is -0.351 e. The number of hydrogen-bond acceptors (Lipinski definition) is 5. The van der Waals surface area contributed by atoms with Crippen LogP contribution in [0.1, 0.15) is 30.8 Å². The first kappa shape index (κ1) is 19.1. The molecule has 0 saturated heterocycles. The zero-order chi connectivity index (χ0) is 18.6. The molecule has 0 aliphatic rings. The number of carbonyl (C=O) groups is 1. The van der Waals surface area contributed by atoms with Crippen molar-refractivity contribution >= 4 is 15.9 Å². The lowest BCUT2D eigenvalue weighted by Gasteiger charge is -2.21. The van der Waals surface area contributed by atoms with Gasteiger partial charge in [-0.3, -0.25) is 14.9 Å². The molecule has 2 aromatic rings. The number of pyridine rings is 1. The molecule has 0 aliphatic heterocycles. The van der Waals surface area contributed by atoms with Crippen LogP contribution in [0.15, 0.2) is 29.4 Å². The number of nitrogens with one attached hydrogen (secondary N) is 3. The Labute approximate surface area is 147 Å². The summed E-state index contributed by atoms with van der Waals surface area (Å²) >= 11 is 0. The van der Waals surface area contributed by atoms with Gasteiger partial charge in [-0.05, 0) is 31.4 Å². The molecule has 136 valence electrons. The number of aryl methyl sites for hydroxylation is 2. The van der Waals surface area contributed by atoms with Crippen LogP contribution in [0, 0.1) is 19.8 Å². The summed E-state index contributed by atoms with van der Waals surface area (Å²) in [7, 11) is -3.87. The van der Waals surface area contributed by atoms with E-state index in [9.17, 15) is 13.2 Å².